The summed E-state index contributed by atoms with van der Waals surface area (Å²) in [6.45, 7) is 0. The van der Waals surface area contributed by atoms with E-state index in [2.05, 4.69) is 15.0 Å². The molecule has 1 fully saturated rings. The van der Waals surface area contributed by atoms with Crippen LogP contribution in [0.3, 0.4) is 0 Å². The Bertz CT molecular complexity index is 590. The lowest BCUT2D eigenvalue weighted by Crippen LogP contribution is -2.45. The number of likely N-dealkylation sites (N-methyl/N-ethyl adjacent to an activating group) is 1. The number of anilines is 1. The highest BCUT2D eigenvalue weighted by molar-refractivity contribution is 5.94. The van der Waals surface area contributed by atoms with Crippen molar-refractivity contribution in [1.29, 1.82) is 0 Å². The fourth-order valence-electron chi connectivity index (χ4n) is 3.08. The number of rotatable bonds is 4. The van der Waals surface area contributed by atoms with Crippen LogP contribution in [0.5, 0.6) is 0 Å². The van der Waals surface area contributed by atoms with E-state index >= 15 is 0 Å². The second kappa shape index (κ2) is 7.38. The Morgan fingerprint density at radius 3 is 2.54 bits per heavy atom. The number of halogens is 3. The van der Waals surface area contributed by atoms with Crippen LogP contribution in [0.1, 0.15) is 41.7 Å². The van der Waals surface area contributed by atoms with Gasteiger partial charge in [-0.1, -0.05) is 12.8 Å². The van der Waals surface area contributed by atoms with Gasteiger partial charge in [0.2, 0.25) is 0 Å². The summed E-state index contributed by atoms with van der Waals surface area (Å²) in [6.07, 6.45) is -0.771. The van der Waals surface area contributed by atoms with E-state index in [1.807, 2.05) is 19.0 Å². The second-order valence-corrected chi connectivity index (χ2v) is 6.15. The van der Waals surface area contributed by atoms with Gasteiger partial charge in [-0.25, -0.2) is 9.78 Å². The number of carbonyl (C=O) groups excluding carboxylic acids is 1. The number of nitrogens with one attached hydrogen (secondary N) is 1. The van der Waals surface area contributed by atoms with Crippen LogP contribution >= 0.6 is 0 Å². The molecule has 2 rings (SSSR count). The fourth-order valence-corrected chi connectivity index (χ4v) is 3.08. The summed E-state index contributed by atoms with van der Waals surface area (Å²) in [4.78, 5) is 17.5. The van der Waals surface area contributed by atoms with Crippen molar-refractivity contribution in [3.05, 3.63) is 23.4 Å². The van der Waals surface area contributed by atoms with Crippen LogP contribution in [0.15, 0.2) is 12.1 Å². The molecule has 0 saturated heterocycles. The topological polar surface area (TPSA) is 54.5 Å². The molecule has 2 atom stereocenters. The summed E-state index contributed by atoms with van der Waals surface area (Å²) in [6, 6.07) is 1.99. The predicted molar refractivity (Wildman–Crippen MR) is 83.9 cm³/mol. The molecule has 1 aromatic rings. The normalized spacial score (nSPS) is 21.6. The quantitative estimate of drug-likeness (QED) is 0.850. The van der Waals surface area contributed by atoms with Gasteiger partial charge in [-0.05, 0) is 39.1 Å². The zero-order valence-electron chi connectivity index (χ0n) is 14.0. The van der Waals surface area contributed by atoms with Crippen molar-refractivity contribution in [3.63, 3.8) is 0 Å². The van der Waals surface area contributed by atoms with Gasteiger partial charge in [-0.3, -0.25) is 0 Å². The summed E-state index contributed by atoms with van der Waals surface area (Å²) >= 11 is 0. The van der Waals surface area contributed by atoms with E-state index in [0.29, 0.717) is 0 Å². The average Bonchev–Trinajstić information content (AvgIpc) is 2.53. The van der Waals surface area contributed by atoms with Gasteiger partial charge in [0.1, 0.15) is 17.1 Å². The van der Waals surface area contributed by atoms with E-state index in [0.717, 1.165) is 37.8 Å². The van der Waals surface area contributed by atoms with Crippen molar-refractivity contribution in [2.75, 3.05) is 26.5 Å². The van der Waals surface area contributed by atoms with Gasteiger partial charge in [0.15, 0.2) is 0 Å². The minimum Gasteiger partial charge on any atom is -0.465 e. The summed E-state index contributed by atoms with van der Waals surface area (Å²) in [5.74, 6) is -0.786. The molecule has 0 radical (unpaired) electrons. The van der Waals surface area contributed by atoms with Gasteiger partial charge < -0.3 is 15.0 Å². The van der Waals surface area contributed by atoms with Crippen LogP contribution in [0.25, 0.3) is 0 Å². The maximum Gasteiger partial charge on any atom is 0.433 e. The molecule has 0 aliphatic heterocycles. The Labute approximate surface area is 139 Å². The number of nitrogens with zero attached hydrogens (tertiary/aromatic N) is 2. The molecule has 1 saturated carbocycles. The molecular weight excluding hydrogens is 323 g/mol. The van der Waals surface area contributed by atoms with Crippen LogP contribution in [0.2, 0.25) is 0 Å². The number of alkyl halides is 3. The lowest BCUT2D eigenvalue weighted by molar-refractivity contribution is -0.141. The molecule has 0 aromatic carbocycles. The van der Waals surface area contributed by atoms with Gasteiger partial charge in [0, 0.05) is 12.1 Å². The van der Waals surface area contributed by atoms with Gasteiger partial charge in [-0.15, -0.1) is 0 Å². The molecule has 5 nitrogen and oxygen atoms in total. The molecule has 1 aliphatic carbocycles. The minimum atomic E-state index is -4.57. The SMILES string of the molecule is COC(=O)c1ccc(C(F)(F)F)nc1N[C@H]1CCCC[C@@H]1N(C)C. The third kappa shape index (κ3) is 4.17. The third-order valence-corrected chi connectivity index (χ3v) is 4.31. The molecule has 0 amide bonds. The summed E-state index contributed by atoms with van der Waals surface area (Å²) in [5, 5.41) is 3.06. The summed E-state index contributed by atoms with van der Waals surface area (Å²) < 4.78 is 43.5. The Balaban J connectivity index is 2.36. The molecule has 8 heteroatoms. The van der Waals surface area contributed by atoms with Gasteiger partial charge in [0.05, 0.1) is 7.11 Å². The number of methoxy groups -OCH3 is 1. The average molecular weight is 345 g/mol. The van der Waals surface area contributed by atoms with Gasteiger partial charge >= 0.3 is 12.1 Å². The molecule has 1 aromatic heterocycles. The van der Waals surface area contributed by atoms with Gasteiger partial charge in [0.25, 0.3) is 0 Å². The molecule has 0 bridgehead atoms. The van der Waals surface area contributed by atoms with Crippen LogP contribution in [0.4, 0.5) is 19.0 Å². The predicted octanol–water partition coefficient (Wildman–Crippen LogP) is 3.17. The lowest BCUT2D eigenvalue weighted by atomic mass is 9.89. The number of ether oxygens (including phenoxy) is 1. The largest absolute Gasteiger partial charge is 0.465 e. The van der Waals surface area contributed by atoms with Crippen LogP contribution in [-0.2, 0) is 10.9 Å². The van der Waals surface area contributed by atoms with E-state index in [9.17, 15) is 18.0 Å². The first-order valence-electron chi connectivity index (χ1n) is 7.83. The first kappa shape index (κ1) is 18.5. The molecular formula is C16H22F3N3O2. The Morgan fingerprint density at radius 1 is 1.29 bits per heavy atom. The molecule has 1 aliphatic rings. The first-order valence-corrected chi connectivity index (χ1v) is 7.83. The van der Waals surface area contributed by atoms with Crippen molar-refractivity contribution >= 4 is 11.8 Å². The lowest BCUT2D eigenvalue weighted by Gasteiger charge is -2.37. The fraction of sp³-hybridized carbons (Fsp3) is 0.625. The maximum atomic E-state index is 13.0. The Morgan fingerprint density at radius 2 is 1.96 bits per heavy atom. The maximum absolute atomic E-state index is 13.0. The van der Waals surface area contributed by atoms with Crippen LogP contribution in [-0.4, -0.2) is 49.1 Å². The van der Waals surface area contributed by atoms with Crippen molar-refractivity contribution in [1.82, 2.24) is 9.88 Å². The standard InChI is InChI=1S/C16H22F3N3O2/c1-22(2)12-7-5-4-6-11(12)20-14-10(15(23)24-3)8-9-13(21-14)16(17,18)19/h8-9,11-12H,4-7H2,1-3H3,(H,20,21)/t11-,12-/m0/s1. The summed E-state index contributed by atoms with van der Waals surface area (Å²) in [5.41, 5.74) is -1.02. The molecule has 134 valence electrons. The number of esters is 1. The minimum absolute atomic E-state index is 0.00794. The number of hydrogen-bond donors (Lipinski definition) is 1. The van der Waals surface area contributed by atoms with Crippen molar-refractivity contribution in [2.24, 2.45) is 0 Å². The zero-order valence-corrected chi connectivity index (χ0v) is 14.0. The zero-order chi connectivity index (χ0) is 17.9. The first-order chi connectivity index (χ1) is 11.2. The molecule has 0 unspecified atom stereocenters. The Hall–Kier alpha value is -1.83. The van der Waals surface area contributed by atoms with Crippen molar-refractivity contribution in [2.45, 2.75) is 43.9 Å². The highest BCUT2D eigenvalue weighted by Gasteiger charge is 2.35. The highest BCUT2D eigenvalue weighted by atomic mass is 19.4. The van der Waals surface area contributed by atoms with Crippen LogP contribution in [0, 0.1) is 0 Å². The van der Waals surface area contributed by atoms with E-state index in [1.165, 1.54) is 7.11 Å². The van der Waals surface area contributed by atoms with E-state index in [1.54, 1.807) is 0 Å². The van der Waals surface area contributed by atoms with E-state index < -0.39 is 17.8 Å². The highest BCUT2D eigenvalue weighted by Crippen LogP contribution is 2.31. The van der Waals surface area contributed by atoms with E-state index in [4.69, 9.17) is 0 Å². The number of hydrogen-bond acceptors (Lipinski definition) is 5. The number of carbonyl (C=O) groups is 1. The Kier molecular flexibility index (Phi) is 5.69. The third-order valence-electron chi connectivity index (χ3n) is 4.31. The molecule has 1 N–H and O–H groups in total. The smallest absolute Gasteiger partial charge is 0.433 e. The summed E-state index contributed by atoms with van der Waals surface area (Å²) in [7, 11) is 5.06. The van der Waals surface area contributed by atoms with Crippen molar-refractivity contribution < 1.29 is 22.7 Å². The molecule has 24 heavy (non-hydrogen) atoms. The van der Waals surface area contributed by atoms with E-state index in [-0.39, 0.29) is 23.5 Å². The van der Waals surface area contributed by atoms with Crippen LogP contribution < -0.4 is 5.32 Å². The number of pyridine rings is 1. The second-order valence-electron chi connectivity index (χ2n) is 6.15. The molecule has 1 heterocycles. The molecule has 0 spiro atoms. The van der Waals surface area contributed by atoms with Crippen molar-refractivity contribution in [3.8, 4) is 0 Å². The monoisotopic (exact) mass is 345 g/mol. The van der Waals surface area contributed by atoms with Gasteiger partial charge in [-0.2, -0.15) is 13.2 Å². The number of aromatic nitrogens is 1.